The molecule has 0 radical (unpaired) electrons. The van der Waals surface area contributed by atoms with Gasteiger partial charge in [0.25, 0.3) is 5.91 Å². The van der Waals surface area contributed by atoms with Crippen LogP contribution in [-0.2, 0) is 4.79 Å². The first-order valence-corrected chi connectivity index (χ1v) is 12.5. The number of hydrogen-bond acceptors (Lipinski definition) is 8. The lowest BCUT2D eigenvalue weighted by Crippen LogP contribution is -2.44. The number of anilines is 1. The van der Waals surface area contributed by atoms with Gasteiger partial charge in [0.15, 0.2) is 6.61 Å². The second kappa shape index (κ2) is 9.15. The number of aromatic nitrogens is 2. The summed E-state index contributed by atoms with van der Waals surface area (Å²) < 4.78 is 25.4. The quantitative estimate of drug-likeness (QED) is 0.547. The van der Waals surface area contributed by atoms with Crippen molar-refractivity contribution in [2.75, 3.05) is 36.5 Å². The van der Waals surface area contributed by atoms with Crippen molar-refractivity contribution in [2.45, 2.75) is 44.8 Å². The van der Waals surface area contributed by atoms with Crippen molar-refractivity contribution in [3.63, 3.8) is 0 Å². The van der Waals surface area contributed by atoms with E-state index in [4.69, 9.17) is 4.74 Å². The van der Waals surface area contributed by atoms with Crippen molar-refractivity contribution < 1.29 is 23.7 Å². The van der Waals surface area contributed by atoms with Crippen molar-refractivity contribution >= 4 is 33.3 Å². The molecule has 4 N–H and O–H groups in total. The molecule has 170 valence electrons. The van der Waals surface area contributed by atoms with Crippen molar-refractivity contribution in [3.05, 3.63) is 23.9 Å². The fraction of sp³-hybridized carbons (Fsp3) is 0.571. The molecule has 9 nitrogen and oxygen atoms in total. The molecule has 0 bridgehead atoms. The van der Waals surface area contributed by atoms with Crippen LogP contribution in [0.25, 0.3) is 10.9 Å². The zero-order valence-electron chi connectivity index (χ0n) is 17.7. The fourth-order valence-electron chi connectivity index (χ4n) is 4.03. The molecule has 4 rings (SSSR count). The average Bonchev–Trinajstić information content (AvgIpc) is 2.74. The number of hydrogen-bond donors (Lipinski definition) is 4. The third kappa shape index (κ3) is 5.38. The van der Waals surface area contributed by atoms with Gasteiger partial charge in [-0.2, -0.15) is 10.6 Å². The number of aliphatic hydroxyl groups excluding tert-OH is 1. The molecule has 1 saturated heterocycles. The molecule has 2 aliphatic rings. The number of nitrogens with zero attached hydrogens (tertiary/aromatic N) is 3. The number of carbonyl (C=O) groups is 1. The number of aryl methyl sites for hydroxylation is 1. The second-order valence-electron chi connectivity index (χ2n) is 8.37. The first-order chi connectivity index (χ1) is 14.8. The summed E-state index contributed by atoms with van der Waals surface area (Å²) in [6, 6.07) is 4.07. The summed E-state index contributed by atoms with van der Waals surface area (Å²) in [5.41, 5.74) is 1.52. The second-order valence-corrected chi connectivity index (χ2v) is 10.8. The lowest BCUT2D eigenvalue weighted by atomic mass is 9.93. The van der Waals surface area contributed by atoms with E-state index in [2.05, 4.69) is 15.3 Å². The van der Waals surface area contributed by atoms with E-state index in [0.29, 0.717) is 30.3 Å². The van der Waals surface area contributed by atoms with Gasteiger partial charge < -0.3 is 20.1 Å². The number of carbonyl (C=O) groups excluding carboxylic acids is 1. The van der Waals surface area contributed by atoms with Crippen LogP contribution >= 0.6 is 10.6 Å². The Balaban J connectivity index is 1.46. The van der Waals surface area contributed by atoms with Gasteiger partial charge in [-0.15, -0.1) is 0 Å². The third-order valence-corrected chi connectivity index (χ3v) is 7.67. The van der Waals surface area contributed by atoms with Crippen LogP contribution in [0.5, 0.6) is 5.75 Å². The minimum Gasteiger partial charge on any atom is -0.481 e. The van der Waals surface area contributed by atoms with Crippen LogP contribution < -0.4 is 10.1 Å². The summed E-state index contributed by atoms with van der Waals surface area (Å²) >= 11 is 0. The number of amides is 1. The maximum Gasteiger partial charge on any atom is 0.260 e. The van der Waals surface area contributed by atoms with E-state index in [1.807, 2.05) is 19.1 Å². The first-order valence-electron chi connectivity index (χ1n) is 10.7. The molecule has 1 aliphatic heterocycles. The van der Waals surface area contributed by atoms with Gasteiger partial charge in [0.2, 0.25) is 5.95 Å². The topological polar surface area (TPSA) is 128 Å². The molecule has 2 fully saturated rings. The van der Waals surface area contributed by atoms with E-state index < -0.39 is 10.6 Å². The Bertz CT molecular complexity index is 939. The van der Waals surface area contributed by atoms with Crippen LogP contribution in [0.3, 0.4) is 0 Å². The highest BCUT2D eigenvalue weighted by Gasteiger charge is 2.26. The maximum atomic E-state index is 12.6. The van der Waals surface area contributed by atoms with Gasteiger partial charge in [-0.05, 0) is 38.2 Å². The van der Waals surface area contributed by atoms with Crippen molar-refractivity contribution in [2.24, 2.45) is 0 Å². The number of benzene rings is 1. The monoisotopic (exact) mass is 450 g/mol. The van der Waals surface area contributed by atoms with E-state index in [1.54, 1.807) is 11.1 Å². The molecule has 2 heterocycles. The third-order valence-electron chi connectivity index (χ3n) is 6.00. The maximum absolute atomic E-state index is 12.6. The Morgan fingerprint density at radius 1 is 1.23 bits per heavy atom. The minimum atomic E-state index is -2.54. The van der Waals surface area contributed by atoms with Crippen LogP contribution in [0.1, 0.15) is 31.2 Å². The number of nitrogens with one attached hydrogen (secondary N) is 1. The van der Waals surface area contributed by atoms with Crippen LogP contribution in [0, 0.1) is 6.92 Å². The van der Waals surface area contributed by atoms with Gasteiger partial charge in [0, 0.05) is 30.7 Å². The minimum absolute atomic E-state index is 0.133. The molecule has 1 aromatic heterocycles. The van der Waals surface area contributed by atoms with E-state index in [-0.39, 0.29) is 36.2 Å². The van der Waals surface area contributed by atoms with Crippen LogP contribution in [0.4, 0.5) is 5.95 Å². The van der Waals surface area contributed by atoms with Gasteiger partial charge in [-0.25, -0.2) is 9.97 Å². The molecule has 31 heavy (non-hydrogen) atoms. The summed E-state index contributed by atoms with van der Waals surface area (Å²) in [6.07, 6.45) is 4.80. The Kier molecular flexibility index (Phi) is 6.52. The highest BCUT2D eigenvalue weighted by atomic mass is 32.3. The van der Waals surface area contributed by atoms with E-state index in [9.17, 15) is 19.0 Å². The molecule has 1 aromatic carbocycles. The Morgan fingerprint density at radius 2 is 1.94 bits per heavy atom. The lowest BCUT2D eigenvalue weighted by Gasteiger charge is -2.40. The first kappa shape index (κ1) is 22.1. The molecule has 0 unspecified atom stereocenters. The van der Waals surface area contributed by atoms with Gasteiger partial charge in [0.1, 0.15) is 11.3 Å². The molecular weight excluding hydrogens is 420 g/mol. The predicted octanol–water partition coefficient (Wildman–Crippen LogP) is 2.63. The van der Waals surface area contributed by atoms with Gasteiger partial charge in [-0.3, -0.25) is 13.9 Å². The number of aliphatic hydroxyl groups is 1. The zero-order valence-corrected chi connectivity index (χ0v) is 18.5. The van der Waals surface area contributed by atoms with Gasteiger partial charge in [0.05, 0.1) is 17.6 Å². The van der Waals surface area contributed by atoms with Gasteiger partial charge >= 0.3 is 0 Å². The largest absolute Gasteiger partial charge is 0.481 e. The van der Waals surface area contributed by atoms with Gasteiger partial charge in [-0.1, -0.05) is 12.1 Å². The smallest absolute Gasteiger partial charge is 0.260 e. The molecule has 0 atom stereocenters. The van der Waals surface area contributed by atoms with Crippen LogP contribution in [0.15, 0.2) is 18.3 Å². The Hall–Kier alpha value is -2.14. The molecule has 1 amide bonds. The van der Waals surface area contributed by atoms with Crippen molar-refractivity contribution in [3.8, 4) is 5.75 Å². The molecular formula is C21H30N4O5S. The van der Waals surface area contributed by atoms with E-state index >= 15 is 0 Å². The average molecular weight is 451 g/mol. The number of rotatable bonds is 5. The Morgan fingerprint density at radius 3 is 2.65 bits per heavy atom. The van der Waals surface area contributed by atoms with Crippen molar-refractivity contribution in [1.29, 1.82) is 0 Å². The summed E-state index contributed by atoms with van der Waals surface area (Å²) in [7, 11) is -2.54. The lowest BCUT2D eigenvalue weighted by molar-refractivity contribution is -0.133. The van der Waals surface area contributed by atoms with E-state index in [0.717, 1.165) is 36.6 Å². The summed E-state index contributed by atoms with van der Waals surface area (Å²) in [5.74, 6) is 1.31. The van der Waals surface area contributed by atoms with Crippen LogP contribution in [-0.4, -0.2) is 78.3 Å². The predicted molar refractivity (Wildman–Crippen MR) is 121 cm³/mol. The molecule has 2 aromatic rings. The SMILES string of the molecule is Cc1ccc2cnc(NC3CCC(O)CC3)nc2c1OCC(=O)N1CCS(O)(O)CC1. The summed E-state index contributed by atoms with van der Waals surface area (Å²) in [4.78, 5) is 23.2. The number of fused-ring (bicyclic) bond motifs is 1. The normalized spacial score (nSPS) is 24.6. The number of ether oxygens (including phenoxy) is 1. The van der Waals surface area contributed by atoms with Crippen molar-refractivity contribution in [1.82, 2.24) is 14.9 Å². The highest BCUT2D eigenvalue weighted by molar-refractivity contribution is 8.24. The van der Waals surface area contributed by atoms with E-state index in [1.165, 1.54) is 0 Å². The summed E-state index contributed by atoms with van der Waals surface area (Å²) in [6.45, 7) is 2.43. The highest BCUT2D eigenvalue weighted by Crippen LogP contribution is 2.40. The summed E-state index contributed by atoms with van der Waals surface area (Å²) in [5, 5.41) is 13.9. The molecule has 10 heteroatoms. The Labute approximate surface area is 183 Å². The fourth-order valence-corrected chi connectivity index (χ4v) is 5.26. The standard InChI is InChI=1S/C21H30N4O5S/c1-14-2-3-15-12-22-21(23-16-4-6-17(26)7-5-16)24-19(15)20(14)30-13-18(27)25-8-10-31(28,29)11-9-25/h2-3,12,16-17,26,28-29H,4-11,13H2,1H3,(H,22,23,24). The zero-order chi connectivity index (χ0) is 22.0. The molecule has 0 spiro atoms. The molecule has 1 aliphatic carbocycles. The molecule has 1 saturated carbocycles. The van der Waals surface area contributed by atoms with Crippen LogP contribution in [0.2, 0.25) is 0 Å².